The maximum absolute atomic E-state index is 11.8. The predicted octanol–water partition coefficient (Wildman–Crippen LogP) is 4.84. The second-order valence-corrected chi connectivity index (χ2v) is 6.34. The number of aliphatic hydroxyl groups excluding tert-OH is 1. The molecule has 0 spiro atoms. The van der Waals surface area contributed by atoms with E-state index in [9.17, 15) is 9.90 Å². The first kappa shape index (κ1) is 15.8. The topological polar surface area (TPSA) is 37.3 Å². The van der Waals surface area contributed by atoms with E-state index in [2.05, 4.69) is 33.8 Å². The standard InChI is InChI=1S/C19H26O2/c1-5-6-7-18-12(2)8-13(3)19(14(18)4)15-9-16(20)11-17(21)10-15/h8,11,15,20H,5-7,9-10H2,1-4H3. The van der Waals surface area contributed by atoms with Crippen molar-refractivity contribution < 1.29 is 9.90 Å². The fourth-order valence-electron chi connectivity index (χ4n) is 3.69. The fraction of sp³-hybridized carbons (Fsp3) is 0.526. The number of rotatable bonds is 4. The van der Waals surface area contributed by atoms with Crippen LogP contribution < -0.4 is 0 Å². The van der Waals surface area contributed by atoms with Crippen LogP contribution in [0, 0.1) is 20.8 Å². The lowest BCUT2D eigenvalue weighted by atomic mass is 9.79. The van der Waals surface area contributed by atoms with Crippen molar-refractivity contribution in [1.29, 1.82) is 0 Å². The molecule has 0 radical (unpaired) electrons. The highest BCUT2D eigenvalue weighted by Crippen LogP contribution is 2.37. The Kier molecular flexibility index (Phi) is 4.87. The number of aliphatic hydroxyl groups is 1. The lowest BCUT2D eigenvalue weighted by Crippen LogP contribution is -2.16. The van der Waals surface area contributed by atoms with Crippen LogP contribution in [-0.4, -0.2) is 10.9 Å². The molecule has 1 aliphatic carbocycles. The van der Waals surface area contributed by atoms with E-state index in [0.29, 0.717) is 12.8 Å². The Hall–Kier alpha value is -1.57. The van der Waals surface area contributed by atoms with Crippen LogP contribution in [0.1, 0.15) is 66.3 Å². The van der Waals surface area contributed by atoms with Crippen molar-refractivity contribution in [2.24, 2.45) is 0 Å². The molecule has 0 fully saturated rings. The monoisotopic (exact) mass is 286 g/mol. The Bertz CT molecular complexity index is 582. The number of carbonyl (C=O) groups excluding carboxylic acids is 1. The van der Waals surface area contributed by atoms with Gasteiger partial charge < -0.3 is 5.11 Å². The third-order valence-corrected chi connectivity index (χ3v) is 4.61. The predicted molar refractivity (Wildman–Crippen MR) is 87.0 cm³/mol. The molecule has 0 amide bonds. The number of aryl methyl sites for hydroxylation is 2. The molecule has 114 valence electrons. The van der Waals surface area contributed by atoms with E-state index in [1.165, 1.54) is 46.7 Å². The first-order valence-electron chi connectivity index (χ1n) is 7.96. The van der Waals surface area contributed by atoms with E-state index in [1.807, 2.05) is 0 Å². The number of hydrogen-bond donors (Lipinski definition) is 1. The molecule has 1 aromatic carbocycles. The Morgan fingerprint density at radius 3 is 2.52 bits per heavy atom. The lowest BCUT2D eigenvalue weighted by Gasteiger charge is -2.26. The van der Waals surface area contributed by atoms with Crippen LogP contribution in [0.15, 0.2) is 17.9 Å². The van der Waals surface area contributed by atoms with Gasteiger partial charge in [-0.3, -0.25) is 4.79 Å². The number of ketones is 1. The molecule has 21 heavy (non-hydrogen) atoms. The molecule has 1 N–H and O–H groups in total. The summed E-state index contributed by atoms with van der Waals surface area (Å²) in [6, 6.07) is 2.24. The van der Waals surface area contributed by atoms with E-state index in [0.717, 1.165) is 6.42 Å². The molecule has 2 rings (SSSR count). The summed E-state index contributed by atoms with van der Waals surface area (Å²) < 4.78 is 0. The van der Waals surface area contributed by atoms with Gasteiger partial charge in [0.25, 0.3) is 0 Å². The van der Waals surface area contributed by atoms with Gasteiger partial charge >= 0.3 is 0 Å². The van der Waals surface area contributed by atoms with E-state index >= 15 is 0 Å². The molecular formula is C19H26O2. The van der Waals surface area contributed by atoms with Crippen LogP contribution in [0.5, 0.6) is 0 Å². The van der Waals surface area contributed by atoms with Gasteiger partial charge in [-0.2, -0.15) is 0 Å². The van der Waals surface area contributed by atoms with Crippen molar-refractivity contribution in [3.8, 4) is 0 Å². The van der Waals surface area contributed by atoms with Crippen molar-refractivity contribution >= 4 is 5.78 Å². The molecule has 0 heterocycles. The molecule has 0 aromatic heterocycles. The second kappa shape index (κ2) is 6.46. The number of allylic oxidation sites excluding steroid dienone is 2. The Labute approximate surface area is 127 Å². The molecule has 0 aliphatic heterocycles. The smallest absolute Gasteiger partial charge is 0.159 e. The molecule has 1 aromatic rings. The van der Waals surface area contributed by atoms with Crippen LogP contribution in [0.2, 0.25) is 0 Å². The third-order valence-electron chi connectivity index (χ3n) is 4.61. The largest absolute Gasteiger partial charge is 0.512 e. The van der Waals surface area contributed by atoms with Crippen LogP contribution >= 0.6 is 0 Å². The highest BCUT2D eigenvalue weighted by Gasteiger charge is 2.25. The van der Waals surface area contributed by atoms with Gasteiger partial charge in [0.05, 0.1) is 5.76 Å². The summed E-state index contributed by atoms with van der Waals surface area (Å²) in [6.45, 7) is 8.69. The first-order valence-corrected chi connectivity index (χ1v) is 7.96. The third kappa shape index (κ3) is 3.37. The summed E-state index contributed by atoms with van der Waals surface area (Å²) in [5.74, 6) is 0.396. The summed E-state index contributed by atoms with van der Waals surface area (Å²) in [6.07, 6.45) is 5.97. The maximum atomic E-state index is 11.8. The van der Waals surface area contributed by atoms with Crippen LogP contribution in [0.4, 0.5) is 0 Å². The number of benzene rings is 1. The summed E-state index contributed by atoms with van der Waals surface area (Å²) in [5, 5.41) is 9.80. The van der Waals surface area contributed by atoms with Crippen LogP contribution in [0.25, 0.3) is 0 Å². The Morgan fingerprint density at radius 1 is 1.19 bits per heavy atom. The van der Waals surface area contributed by atoms with E-state index in [1.54, 1.807) is 0 Å². The maximum Gasteiger partial charge on any atom is 0.159 e. The molecule has 1 aliphatic rings. The highest BCUT2D eigenvalue weighted by molar-refractivity contribution is 5.91. The van der Waals surface area contributed by atoms with E-state index in [4.69, 9.17) is 0 Å². The Morgan fingerprint density at radius 2 is 1.90 bits per heavy atom. The zero-order chi connectivity index (χ0) is 15.6. The molecule has 0 saturated heterocycles. The van der Waals surface area contributed by atoms with Crippen molar-refractivity contribution in [3.05, 3.63) is 45.7 Å². The summed E-state index contributed by atoms with van der Waals surface area (Å²) in [5.41, 5.74) is 6.63. The molecule has 2 nitrogen and oxygen atoms in total. The van der Waals surface area contributed by atoms with Crippen molar-refractivity contribution in [3.63, 3.8) is 0 Å². The van der Waals surface area contributed by atoms with Gasteiger partial charge in [-0.25, -0.2) is 0 Å². The zero-order valence-electron chi connectivity index (χ0n) is 13.6. The molecule has 1 atom stereocenters. The average molecular weight is 286 g/mol. The summed E-state index contributed by atoms with van der Waals surface area (Å²) in [7, 11) is 0. The van der Waals surface area contributed by atoms with E-state index < -0.39 is 0 Å². The average Bonchev–Trinajstić information content (AvgIpc) is 2.36. The van der Waals surface area contributed by atoms with Gasteiger partial charge in [-0.15, -0.1) is 0 Å². The molecule has 1 unspecified atom stereocenters. The van der Waals surface area contributed by atoms with Gasteiger partial charge in [-0.1, -0.05) is 19.4 Å². The molecular weight excluding hydrogens is 260 g/mol. The minimum Gasteiger partial charge on any atom is -0.512 e. The van der Waals surface area contributed by atoms with Gasteiger partial charge in [0, 0.05) is 18.9 Å². The quantitative estimate of drug-likeness (QED) is 0.859. The fourth-order valence-corrected chi connectivity index (χ4v) is 3.69. The minimum atomic E-state index is 0.0400. The van der Waals surface area contributed by atoms with Gasteiger partial charge in [0.1, 0.15) is 0 Å². The van der Waals surface area contributed by atoms with Crippen molar-refractivity contribution in [2.75, 3.05) is 0 Å². The summed E-state index contributed by atoms with van der Waals surface area (Å²) in [4.78, 5) is 11.8. The van der Waals surface area contributed by atoms with Crippen molar-refractivity contribution in [2.45, 2.75) is 65.7 Å². The van der Waals surface area contributed by atoms with Gasteiger partial charge in [0.2, 0.25) is 0 Å². The lowest BCUT2D eigenvalue weighted by molar-refractivity contribution is -0.115. The van der Waals surface area contributed by atoms with Crippen LogP contribution in [-0.2, 0) is 11.2 Å². The number of hydrogen-bond acceptors (Lipinski definition) is 2. The van der Waals surface area contributed by atoms with E-state index in [-0.39, 0.29) is 17.5 Å². The first-order chi connectivity index (χ1) is 9.93. The number of carbonyl (C=O) groups is 1. The second-order valence-electron chi connectivity index (χ2n) is 6.34. The summed E-state index contributed by atoms with van der Waals surface area (Å²) >= 11 is 0. The number of unbranched alkanes of at least 4 members (excludes halogenated alkanes) is 1. The van der Waals surface area contributed by atoms with Gasteiger partial charge in [0.15, 0.2) is 5.78 Å². The zero-order valence-corrected chi connectivity index (χ0v) is 13.6. The SMILES string of the molecule is CCCCc1c(C)cc(C)c(C2CC(=O)C=C(O)C2)c1C. The van der Waals surface area contributed by atoms with Crippen molar-refractivity contribution in [1.82, 2.24) is 0 Å². The minimum absolute atomic E-state index is 0.0400. The molecule has 0 saturated carbocycles. The van der Waals surface area contributed by atoms with Crippen LogP contribution in [0.3, 0.4) is 0 Å². The highest BCUT2D eigenvalue weighted by atomic mass is 16.3. The molecule has 0 bridgehead atoms. The van der Waals surface area contributed by atoms with Gasteiger partial charge in [-0.05, 0) is 67.3 Å². The molecule has 2 heteroatoms. The normalized spacial score (nSPS) is 18.8. The Balaban J connectivity index is 2.43.